The van der Waals surface area contributed by atoms with Crippen molar-refractivity contribution < 1.29 is 14.6 Å². The molecule has 0 aliphatic heterocycles. The number of amides is 2. The summed E-state index contributed by atoms with van der Waals surface area (Å²) in [5.41, 5.74) is 2.96. The Morgan fingerprint density at radius 2 is 2.00 bits per heavy atom. The third-order valence-corrected chi connectivity index (χ3v) is 4.35. The first-order chi connectivity index (χ1) is 13.5. The summed E-state index contributed by atoms with van der Waals surface area (Å²) >= 11 is 0. The van der Waals surface area contributed by atoms with E-state index in [-0.39, 0.29) is 11.8 Å². The van der Waals surface area contributed by atoms with Gasteiger partial charge in [-0.05, 0) is 34.9 Å². The molecule has 28 heavy (non-hydrogen) atoms. The van der Waals surface area contributed by atoms with Gasteiger partial charge >= 0.3 is 6.03 Å². The molecule has 2 N–H and O–H groups in total. The van der Waals surface area contributed by atoms with E-state index in [2.05, 4.69) is 16.5 Å². The first-order valence-corrected chi connectivity index (χ1v) is 8.95. The molecule has 2 amide bonds. The Morgan fingerprint density at radius 1 is 1.18 bits per heavy atom. The number of hydrogen-bond donors (Lipinski definition) is 2. The van der Waals surface area contributed by atoms with Crippen LogP contribution in [0.2, 0.25) is 0 Å². The summed E-state index contributed by atoms with van der Waals surface area (Å²) in [5, 5.41) is 17.0. The van der Waals surface area contributed by atoms with Crippen molar-refractivity contribution in [3.05, 3.63) is 77.6 Å². The van der Waals surface area contributed by atoms with Gasteiger partial charge in [0.25, 0.3) is 0 Å². The molecule has 0 radical (unpaired) electrons. The normalized spacial score (nSPS) is 10.5. The van der Waals surface area contributed by atoms with Crippen molar-refractivity contribution in [2.24, 2.45) is 0 Å². The number of phenols is 1. The van der Waals surface area contributed by atoms with Crippen LogP contribution in [0.1, 0.15) is 16.7 Å². The molecular weight excluding hydrogens is 356 g/mol. The van der Waals surface area contributed by atoms with Crippen molar-refractivity contribution >= 4 is 6.03 Å². The highest BCUT2D eigenvalue weighted by Gasteiger charge is 2.11. The van der Waals surface area contributed by atoms with Crippen LogP contribution in [0.5, 0.6) is 11.5 Å². The number of hydrogen-bond acceptors (Lipinski definition) is 4. The average Bonchev–Trinajstić information content (AvgIpc) is 3.19. The molecule has 7 heteroatoms. The molecule has 0 aliphatic rings. The quantitative estimate of drug-likeness (QED) is 0.660. The number of carbonyl (C=O) groups excluding carboxylic acids is 1. The molecule has 1 aromatic heterocycles. The van der Waals surface area contributed by atoms with Gasteiger partial charge in [0, 0.05) is 32.5 Å². The lowest BCUT2D eigenvalue weighted by atomic mass is 10.1. The van der Waals surface area contributed by atoms with Crippen molar-refractivity contribution in [2.45, 2.75) is 19.6 Å². The molecule has 0 aliphatic carbocycles. The maximum absolute atomic E-state index is 12.4. The molecule has 3 aromatic rings. The van der Waals surface area contributed by atoms with Crippen LogP contribution < -0.4 is 10.1 Å². The number of aromatic nitrogens is 2. The lowest BCUT2D eigenvalue weighted by Gasteiger charge is -2.18. The minimum absolute atomic E-state index is 0.0582. The van der Waals surface area contributed by atoms with E-state index in [9.17, 15) is 9.90 Å². The second kappa shape index (κ2) is 8.94. The zero-order valence-corrected chi connectivity index (χ0v) is 16.0. The van der Waals surface area contributed by atoms with Gasteiger partial charge in [0.1, 0.15) is 0 Å². The van der Waals surface area contributed by atoms with Crippen LogP contribution in [0.25, 0.3) is 0 Å². The summed E-state index contributed by atoms with van der Waals surface area (Å²) in [5.74, 6) is 0.466. The molecule has 7 nitrogen and oxygen atoms in total. The van der Waals surface area contributed by atoms with Crippen molar-refractivity contribution in [2.75, 3.05) is 14.2 Å². The Kier molecular flexibility index (Phi) is 6.16. The van der Waals surface area contributed by atoms with Crippen LogP contribution in [0.15, 0.2) is 60.9 Å². The fraction of sp³-hybridized carbons (Fsp3) is 0.238. The fourth-order valence-corrected chi connectivity index (χ4v) is 2.91. The number of aromatic hydroxyl groups is 1. The van der Waals surface area contributed by atoms with Gasteiger partial charge in [-0.15, -0.1) is 0 Å². The lowest BCUT2D eigenvalue weighted by Crippen LogP contribution is -2.36. The number of urea groups is 1. The second-order valence-corrected chi connectivity index (χ2v) is 6.54. The van der Waals surface area contributed by atoms with Gasteiger partial charge in [-0.25, -0.2) is 4.79 Å². The predicted molar refractivity (Wildman–Crippen MR) is 106 cm³/mol. The summed E-state index contributed by atoms with van der Waals surface area (Å²) in [6.07, 6.45) is 3.67. The molecule has 3 rings (SSSR count). The number of nitrogens with zero attached hydrogens (tertiary/aromatic N) is 3. The minimum Gasteiger partial charge on any atom is -0.504 e. The Labute approximate surface area is 164 Å². The van der Waals surface area contributed by atoms with Crippen LogP contribution in [0.4, 0.5) is 4.79 Å². The molecule has 1 heterocycles. The van der Waals surface area contributed by atoms with Crippen molar-refractivity contribution in [3.63, 3.8) is 0 Å². The molecule has 0 saturated carbocycles. The number of benzene rings is 2. The molecule has 0 atom stereocenters. The third kappa shape index (κ3) is 5.03. The van der Waals surface area contributed by atoms with Gasteiger partial charge in [-0.1, -0.05) is 30.3 Å². The van der Waals surface area contributed by atoms with Crippen LogP contribution >= 0.6 is 0 Å². The van der Waals surface area contributed by atoms with Crippen molar-refractivity contribution in [3.8, 4) is 11.5 Å². The Balaban J connectivity index is 1.54. The van der Waals surface area contributed by atoms with Crippen LogP contribution in [0, 0.1) is 0 Å². The number of methoxy groups -OCH3 is 1. The number of carbonyl (C=O) groups is 1. The summed E-state index contributed by atoms with van der Waals surface area (Å²) in [6, 6.07) is 14.9. The van der Waals surface area contributed by atoms with Crippen molar-refractivity contribution in [1.82, 2.24) is 20.0 Å². The van der Waals surface area contributed by atoms with E-state index in [0.29, 0.717) is 25.4 Å². The summed E-state index contributed by atoms with van der Waals surface area (Å²) in [6.45, 7) is 1.50. The van der Waals surface area contributed by atoms with E-state index in [0.717, 1.165) is 16.7 Å². The van der Waals surface area contributed by atoms with E-state index in [1.165, 1.54) is 7.11 Å². The molecule has 0 fully saturated rings. The monoisotopic (exact) mass is 380 g/mol. The van der Waals surface area contributed by atoms with Gasteiger partial charge in [0.2, 0.25) is 0 Å². The molecule has 146 valence electrons. The first-order valence-electron chi connectivity index (χ1n) is 8.95. The Bertz CT molecular complexity index is 925. The van der Waals surface area contributed by atoms with Crippen LogP contribution in [-0.2, 0) is 19.6 Å². The highest BCUT2D eigenvalue weighted by atomic mass is 16.5. The van der Waals surface area contributed by atoms with Crippen molar-refractivity contribution in [1.29, 1.82) is 0 Å². The van der Waals surface area contributed by atoms with E-state index in [1.54, 1.807) is 30.3 Å². The Hall–Kier alpha value is -3.48. The maximum atomic E-state index is 12.4. The van der Waals surface area contributed by atoms with Gasteiger partial charge in [-0.3, -0.25) is 4.68 Å². The van der Waals surface area contributed by atoms with Gasteiger partial charge in [0.15, 0.2) is 11.5 Å². The standard InChI is InChI=1S/C21H24N4O3/c1-24(14-18-7-8-20(28-2)19(26)12-18)21(27)22-13-16-5-3-6-17(11-16)15-25-10-4-9-23-25/h3-12,26H,13-15H2,1-2H3,(H,22,27). The number of ether oxygens (including phenoxy) is 1. The number of phenolic OH excluding ortho intramolecular Hbond substituents is 1. The highest BCUT2D eigenvalue weighted by molar-refractivity contribution is 5.73. The maximum Gasteiger partial charge on any atom is 0.317 e. The van der Waals surface area contributed by atoms with E-state index < -0.39 is 0 Å². The molecular formula is C21H24N4O3. The molecule has 0 bridgehead atoms. The first kappa shape index (κ1) is 19.3. The van der Waals surface area contributed by atoms with E-state index >= 15 is 0 Å². The minimum atomic E-state index is -0.187. The molecule has 0 unspecified atom stereocenters. The van der Waals surface area contributed by atoms with Gasteiger partial charge in [-0.2, -0.15) is 5.10 Å². The summed E-state index contributed by atoms with van der Waals surface area (Å²) in [7, 11) is 3.21. The van der Waals surface area contributed by atoms with Crippen LogP contribution in [-0.4, -0.2) is 40.0 Å². The number of rotatable bonds is 7. The Morgan fingerprint density at radius 3 is 2.71 bits per heavy atom. The average molecular weight is 380 g/mol. The largest absolute Gasteiger partial charge is 0.504 e. The van der Waals surface area contributed by atoms with Crippen LogP contribution in [0.3, 0.4) is 0 Å². The lowest BCUT2D eigenvalue weighted by molar-refractivity contribution is 0.206. The topological polar surface area (TPSA) is 79.6 Å². The smallest absolute Gasteiger partial charge is 0.317 e. The van der Waals surface area contributed by atoms with Gasteiger partial charge in [0.05, 0.1) is 13.7 Å². The van der Waals surface area contributed by atoms with E-state index in [1.807, 2.05) is 41.2 Å². The zero-order valence-electron chi connectivity index (χ0n) is 16.0. The zero-order chi connectivity index (χ0) is 19.9. The fourth-order valence-electron chi connectivity index (χ4n) is 2.91. The molecule has 0 spiro atoms. The van der Waals surface area contributed by atoms with E-state index in [4.69, 9.17) is 4.74 Å². The predicted octanol–water partition coefficient (Wildman–Crippen LogP) is 2.99. The molecule has 0 saturated heterocycles. The highest BCUT2D eigenvalue weighted by Crippen LogP contribution is 2.26. The SMILES string of the molecule is COc1ccc(CN(C)C(=O)NCc2cccc(Cn3cccn3)c2)cc1O. The second-order valence-electron chi connectivity index (χ2n) is 6.54. The number of nitrogens with one attached hydrogen (secondary N) is 1. The molecule has 2 aromatic carbocycles. The third-order valence-electron chi connectivity index (χ3n) is 4.35. The summed E-state index contributed by atoms with van der Waals surface area (Å²) < 4.78 is 6.89. The summed E-state index contributed by atoms with van der Waals surface area (Å²) in [4.78, 5) is 13.9. The van der Waals surface area contributed by atoms with Gasteiger partial charge < -0.3 is 20.1 Å².